The van der Waals surface area contributed by atoms with E-state index >= 15 is 0 Å². The van der Waals surface area contributed by atoms with Gasteiger partial charge in [0.1, 0.15) is 0 Å². The molecule has 0 saturated heterocycles. The van der Waals surface area contributed by atoms with Crippen LogP contribution in [0.15, 0.2) is 158 Å². The summed E-state index contributed by atoms with van der Waals surface area (Å²) in [6.07, 6.45) is 8.76. The van der Waals surface area contributed by atoms with Crippen LogP contribution in [0.4, 0.5) is 34.1 Å². The normalized spacial score (nSPS) is 11.4. The lowest BCUT2D eigenvalue weighted by Crippen LogP contribution is -2.11. The van der Waals surface area contributed by atoms with Crippen LogP contribution >= 0.6 is 0 Å². The van der Waals surface area contributed by atoms with Crippen LogP contribution < -0.4 is 9.80 Å². The van der Waals surface area contributed by atoms with Gasteiger partial charge in [0.15, 0.2) is 0 Å². The second-order valence-corrected chi connectivity index (χ2v) is 14.4. The van der Waals surface area contributed by atoms with E-state index in [2.05, 4.69) is 233 Å². The van der Waals surface area contributed by atoms with Crippen LogP contribution in [-0.4, -0.2) is 0 Å². The highest BCUT2D eigenvalue weighted by atomic mass is 15.1. The molecule has 0 unspecified atom stereocenters. The molecule has 0 amide bonds. The third-order valence-corrected chi connectivity index (χ3v) is 9.92. The summed E-state index contributed by atoms with van der Waals surface area (Å²) in [5.41, 5.74) is 19.1. The van der Waals surface area contributed by atoms with Crippen molar-refractivity contribution in [3.8, 4) is 0 Å². The summed E-state index contributed by atoms with van der Waals surface area (Å²) >= 11 is 0. The molecule has 0 spiro atoms. The molecule has 0 aromatic heterocycles. The monoisotopic (exact) mass is 700 g/mol. The molecule has 0 fully saturated rings. The van der Waals surface area contributed by atoms with Crippen LogP contribution in [0.3, 0.4) is 0 Å². The first-order valence-corrected chi connectivity index (χ1v) is 18.7. The van der Waals surface area contributed by atoms with E-state index in [1.54, 1.807) is 0 Å². The average molecular weight is 701 g/mol. The molecule has 0 N–H and O–H groups in total. The highest BCUT2D eigenvalue weighted by Crippen LogP contribution is 2.38. The van der Waals surface area contributed by atoms with Gasteiger partial charge in [-0.25, -0.2) is 0 Å². The molecule has 0 aliphatic heterocycles. The Labute approximate surface area is 322 Å². The zero-order chi connectivity index (χ0) is 37.6. The number of aryl methyl sites for hydroxylation is 6. The topological polar surface area (TPSA) is 6.48 Å². The van der Waals surface area contributed by atoms with Crippen LogP contribution in [0.25, 0.3) is 24.3 Å². The van der Waals surface area contributed by atoms with Gasteiger partial charge in [0.25, 0.3) is 0 Å². The van der Waals surface area contributed by atoms with Gasteiger partial charge in [0.05, 0.1) is 0 Å². The van der Waals surface area contributed by atoms with Gasteiger partial charge in [-0.3, -0.25) is 0 Å². The molecule has 0 radical (unpaired) electrons. The van der Waals surface area contributed by atoms with Gasteiger partial charge in [0.2, 0.25) is 0 Å². The quantitative estimate of drug-likeness (QED) is 0.131. The van der Waals surface area contributed by atoms with Crippen molar-refractivity contribution >= 4 is 58.4 Å². The highest BCUT2D eigenvalue weighted by molar-refractivity contribution is 5.82. The molecule has 7 aromatic rings. The Hall–Kier alpha value is -6.38. The van der Waals surface area contributed by atoms with Gasteiger partial charge in [0, 0.05) is 34.1 Å². The van der Waals surface area contributed by atoms with Crippen molar-refractivity contribution in [2.45, 2.75) is 41.5 Å². The lowest BCUT2D eigenvalue weighted by Gasteiger charge is -2.27. The van der Waals surface area contributed by atoms with Crippen molar-refractivity contribution in [2.24, 2.45) is 0 Å². The molecule has 7 aromatic carbocycles. The highest BCUT2D eigenvalue weighted by Gasteiger charge is 2.16. The van der Waals surface area contributed by atoms with Gasteiger partial charge in [-0.05, 0) is 142 Å². The number of nitrogens with zero attached hydrogens (tertiary/aromatic N) is 2. The Balaban J connectivity index is 1.07. The zero-order valence-corrected chi connectivity index (χ0v) is 32.2. The largest absolute Gasteiger partial charge is 0.310 e. The zero-order valence-electron chi connectivity index (χ0n) is 32.2. The Morgan fingerprint density at radius 3 is 0.963 bits per heavy atom. The number of benzene rings is 7. The molecular formula is C52H48N2. The third kappa shape index (κ3) is 8.46. The van der Waals surface area contributed by atoms with Gasteiger partial charge in [-0.1, -0.05) is 138 Å². The van der Waals surface area contributed by atoms with E-state index in [4.69, 9.17) is 0 Å². The second kappa shape index (κ2) is 16.1. The molecule has 2 nitrogen and oxygen atoms in total. The maximum atomic E-state index is 2.34. The van der Waals surface area contributed by atoms with Gasteiger partial charge in [-0.2, -0.15) is 0 Å². The molecule has 0 aliphatic rings. The predicted octanol–water partition coefficient (Wildman–Crippen LogP) is 14.8. The minimum atomic E-state index is 1.14. The minimum Gasteiger partial charge on any atom is -0.310 e. The molecule has 0 aliphatic carbocycles. The number of anilines is 6. The summed E-state index contributed by atoms with van der Waals surface area (Å²) in [5.74, 6) is 0. The molecule has 7 rings (SSSR count). The summed E-state index contributed by atoms with van der Waals surface area (Å²) in [6, 6.07) is 57.2. The van der Waals surface area contributed by atoms with Crippen LogP contribution in [0, 0.1) is 41.5 Å². The van der Waals surface area contributed by atoms with Crippen molar-refractivity contribution in [3.63, 3.8) is 0 Å². The summed E-state index contributed by atoms with van der Waals surface area (Å²) in [7, 11) is 0. The second-order valence-electron chi connectivity index (χ2n) is 14.4. The Morgan fingerprint density at radius 2 is 0.611 bits per heavy atom. The smallest absolute Gasteiger partial charge is 0.0490 e. The lowest BCUT2D eigenvalue weighted by atomic mass is 10.1. The molecule has 2 heteroatoms. The van der Waals surface area contributed by atoms with E-state index < -0.39 is 0 Å². The van der Waals surface area contributed by atoms with Gasteiger partial charge >= 0.3 is 0 Å². The fourth-order valence-electron chi connectivity index (χ4n) is 6.97. The van der Waals surface area contributed by atoms with E-state index in [1.165, 1.54) is 44.8 Å². The SMILES string of the molecule is Cc1ccc(N(c2ccc(/C=C/c3cccc(/C=C/c4ccc(N(c5ccc(C)cc5)c5ccc(C)cc5C)cc4)c3)cc2)c2ccc(C)cc2C)cc1. The van der Waals surface area contributed by atoms with Gasteiger partial charge in [-0.15, -0.1) is 0 Å². The number of hydrogen-bond acceptors (Lipinski definition) is 2. The van der Waals surface area contributed by atoms with Gasteiger partial charge < -0.3 is 9.80 Å². The Morgan fingerprint density at radius 1 is 0.296 bits per heavy atom. The van der Waals surface area contributed by atoms with Crippen LogP contribution in [0.2, 0.25) is 0 Å². The maximum absolute atomic E-state index is 2.34. The third-order valence-electron chi connectivity index (χ3n) is 9.92. The van der Waals surface area contributed by atoms with Crippen molar-refractivity contribution < 1.29 is 0 Å². The van der Waals surface area contributed by atoms with E-state index in [1.807, 2.05) is 0 Å². The average Bonchev–Trinajstić information content (AvgIpc) is 3.17. The van der Waals surface area contributed by atoms with Crippen molar-refractivity contribution in [1.29, 1.82) is 0 Å². The lowest BCUT2D eigenvalue weighted by molar-refractivity contribution is 1.23. The molecule has 266 valence electrons. The maximum Gasteiger partial charge on any atom is 0.0490 e. The summed E-state index contributed by atoms with van der Waals surface area (Å²) in [6.45, 7) is 12.9. The van der Waals surface area contributed by atoms with Crippen molar-refractivity contribution in [1.82, 2.24) is 0 Å². The summed E-state index contributed by atoms with van der Waals surface area (Å²) < 4.78 is 0. The van der Waals surface area contributed by atoms with Crippen molar-refractivity contribution in [2.75, 3.05) is 9.80 Å². The van der Waals surface area contributed by atoms with Crippen LogP contribution in [-0.2, 0) is 0 Å². The standard InChI is InChI=1S/C52H48N2/c1-37-10-24-47(25-11-37)53(51-32-14-39(3)34-41(51)5)49-28-20-43(21-29-49)16-18-45-8-7-9-46(36-45)19-17-44-22-30-50(31-23-44)54(48-26-12-38(2)13-27-48)52-33-15-40(4)35-42(52)6/h7-36H,1-6H3/b18-16+,19-17+. The molecule has 54 heavy (non-hydrogen) atoms. The molecule has 0 heterocycles. The van der Waals surface area contributed by atoms with Crippen molar-refractivity contribution in [3.05, 3.63) is 213 Å². The fourth-order valence-corrected chi connectivity index (χ4v) is 6.97. The molecule has 0 atom stereocenters. The van der Waals surface area contributed by atoms with E-state index in [0.717, 1.165) is 45.0 Å². The predicted molar refractivity (Wildman–Crippen MR) is 235 cm³/mol. The first-order chi connectivity index (χ1) is 26.2. The van der Waals surface area contributed by atoms with Crippen LogP contribution in [0.1, 0.15) is 55.6 Å². The summed E-state index contributed by atoms with van der Waals surface area (Å²) in [4.78, 5) is 4.69. The van der Waals surface area contributed by atoms with E-state index in [0.29, 0.717) is 0 Å². The van der Waals surface area contributed by atoms with E-state index in [9.17, 15) is 0 Å². The van der Waals surface area contributed by atoms with Crippen LogP contribution in [0.5, 0.6) is 0 Å². The first kappa shape index (κ1) is 36.0. The number of hydrogen-bond donors (Lipinski definition) is 0. The first-order valence-electron chi connectivity index (χ1n) is 18.7. The summed E-state index contributed by atoms with van der Waals surface area (Å²) in [5, 5.41) is 0. The minimum absolute atomic E-state index is 1.14. The molecule has 0 bridgehead atoms. The fraction of sp³-hybridized carbons (Fsp3) is 0.115. The Kier molecular flexibility index (Phi) is 10.7. The Bertz CT molecular complexity index is 2240. The molecule has 0 saturated carbocycles. The number of rotatable bonds is 10. The molecular weight excluding hydrogens is 653 g/mol. The van der Waals surface area contributed by atoms with E-state index in [-0.39, 0.29) is 0 Å².